The maximum Gasteiger partial charge on any atom is 0.253 e. The molecule has 17 heavy (non-hydrogen) atoms. The molecule has 0 saturated carbocycles. The largest absolute Gasteiger partial charge is 0.330 e. The maximum atomic E-state index is 11.8. The van der Waals surface area contributed by atoms with Crippen molar-refractivity contribution in [3.05, 3.63) is 34.2 Å². The van der Waals surface area contributed by atoms with Gasteiger partial charge in [0, 0.05) is 18.3 Å². The first-order valence-electron chi connectivity index (χ1n) is 6.32. The molecule has 96 valence electrons. The third-order valence-electron chi connectivity index (χ3n) is 3.27. The molecule has 0 bridgehead atoms. The van der Waals surface area contributed by atoms with E-state index in [4.69, 9.17) is 5.73 Å². The number of nitrogens with two attached hydrogens (primary N) is 1. The zero-order chi connectivity index (χ0) is 12.9. The molecule has 1 aromatic heterocycles. The minimum Gasteiger partial charge on any atom is -0.330 e. The summed E-state index contributed by atoms with van der Waals surface area (Å²) < 4.78 is 1.80. The van der Waals surface area contributed by atoms with Gasteiger partial charge >= 0.3 is 0 Å². The van der Waals surface area contributed by atoms with Crippen molar-refractivity contribution in [2.24, 2.45) is 11.1 Å². The molecule has 1 rings (SSSR count). The number of pyridine rings is 1. The summed E-state index contributed by atoms with van der Waals surface area (Å²) in [5, 5.41) is 0. The highest BCUT2D eigenvalue weighted by Crippen LogP contribution is 2.21. The van der Waals surface area contributed by atoms with Crippen LogP contribution in [0.15, 0.2) is 23.1 Å². The summed E-state index contributed by atoms with van der Waals surface area (Å²) in [5.74, 6) is 0. The molecule has 3 heteroatoms. The average Bonchev–Trinajstić information content (AvgIpc) is 2.30. The van der Waals surface area contributed by atoms with Crippen LogP contribution in [-0.4, -0.2) is 11.1 Å². The Morgan fingerprint density at radius 2 is 2.06 bits per heavy atom. The van der Waals surface area contributed by atoms with Crippen molar-refractivity contribution < 1.29 is 0 Å². The lowest BCUT2D eigenvalue weighted by molar-refractivity contribution is 0.328. The predicted octanol–water partition coefficient (Wildman–Crippen LogP) is 2.31. The Balaban J connectivity index is 2.42. The molecule has 1 heterocycles. The van der Waals surface area contributed by atoms with Gasteiger partial charge in [-0.1, -0.05) is 26.3 Å². The van der Waals surface area contributed by atoms with Crippen LogP contribution in [0.4, 0.5) is 0 Å². The van der Waals surface area contributed by atoms with Crippen LogP contribution in [0, 0.1) is 12.3 Å². The van der Waals surface area contributed by atoms with Crippen LogP contribution in [0.3, 0.4) is 0 Å². The van der Waals surface area contributed by atoms with Crippen LogP contribution in [0.5, 0.6) is 0 Å². The maximum absolute atomic E-state index is 11.8. The van der Waals surface area contributed by atoms with Crippen molar-refractivity contribution in [3.63, 3.8) is 0 Å². The van der Waals surface area contributed by atoms with Crippen LogP contribution in [0.2, 0.25) is 0 Å². The van der Waals surface area contributed by atoms with E-state index < -0.39 is 0 Å². The van der Waals surface area contributed by atoms with Gasteiger partial charge in [0.25, 0.3) is 5.56 Å². The SMILES string of the molecule is Cc1cccn(CCCCC(C)(C)CN)c1=O. The molecule has 2 N–H and O–H groups in total. The lowest BCUT2D eigenvalue weighted by atomic mass is 9.87. The van der Waals surface area contributed by atoms with Crippen LogP contribution >= 0.6 is 0 Å². The number of aryl methyl sites for hydroxylation is 2. The topological polar surface area (TPSA) is 48.0 Å². The van der Waals surface area contributed by atoms with Crippen LogP contribution in [0.1, 0.15) is 38.7 Å². The van der Waals surface area contributed by atoms with Gasteiger partial charge in [0.15, 0.2) is 0 Å². The molecule has 3 nitrogen and oxygen atoms in total. The van der Waals surface area contributed by atoms with E-state index in [9.17, 15) is 4.79 Å². The summed E-state index contributed by atoms with van der Waals surface area (Å²) in [6.45, 7) is 7.76. The molecule has 0 amide bonds. The van der Waals surface area contributed by atoms with Gasteiger partial charge in [-0.05, 0) is 37.8 Å². The summed E-state index contributed by atoms with van der Waals surface area (Å²) in [5.41, 5.74) is 6.85. The van der Waals surface area contributed by atoms with Gasteiger partial charge < -0.3 is 10.3 Å². The fraction of sp³-hybridized carbons (Fsp3) is 0.643. The highest BCUT2D eigenvalue weighted by molar-refractivity contribution is 5.07. The van der Waals surface area contributed by atoms with E-state index in [-0.39, 0.29) is 11.0 Å². The van der Waals surface area contributed by atoms with Crippen molar-refractivity contribution in [2.75, 3.05) is 6.54 Å². The van der Waals surface area contributed by atoms with Crippen molar-refractivity contribution in [1.82, 2.24) is 4.57 Å². The first-order chi connectivity index (χ1) is 7.96. The number of unbranched alkanes of at least 4 members (excludes halogenated alkanes) is 1. The van der Waals surface area contributed by atoms with E-state index in [0.717, 1.165) is 37.9 Å². The Morgan fingerprint density at radius 1 is 1.35 bits per heavy atom. The molecule has 0 aromatic carbocycles. The molecular weight excluding hydrogens is 212 g/mol. The molecule has 0 saturated heterocycles. The lowest BCUT2D eigenvalue weighted by Crippen LogP contribution is -2.24. The van der Waals surface area contributed by atoms with E-state index in [1.807, 2.05) is 25.3 Å². The van der Waals surface area contributed by atoms with E-state index >= 15 is 0 Å². The predicted molar refractivity (Wildman–Crippen MR) is 72.1 cm³/mol. The fourth-order valence-corrected chi connectivity index (χ4v) is 1.82. The zero-order valence-corrected chi connectivity index (χ0v) is 11.2. The standard InChI is InChI=1S/C14H24N2O/c1-12-7-6-10-16(13(12)17)9-5-4-8-14(2,3)11-15/h6-7,10H,4-5,8-9,11,15H2,1-3H3. The summed E-state index contributed by atoms with van der Waals surface area (Å²) in [6, 6.07) is 3.79. The molecule has 0 aliphatic carbocycles. The van der Waals surface area contributed by atoms with Gasteiger partial charge in [0.1, 0.15) is 0 Å². The van der Waals surface area contributed by atoms with E-state index in [1.54, 1.807) is 4.57 Å². The third-order valence-corrected chi connectivity index (χ3v) is 3.27. The molecule has 0 aliphatic heterocycles. The van der Waals surface area contributed by atoms with E-state index in [0.29, 0.717) is 0 Å². The molecule has 1 aromatic rings. The third kappa shape index (κ3) is 4.35. The van der Waals surface area contributed by atoms with Gasteiger partial charge in [-0.25, -0.2) is 0 Å². The molecule has 0 radical (unpaired) electrons. The first-order valence-corrected chi connectivity index (χ1v) is 6.32. The molecule has 0 spiro atoms. The number of nitrogens with zero attached hydrogens (tertiary/aromatic N) is 1. The van der Waals surface area contributed by atoms with Gasteiger partial charge in [0.2, 0.25) is 0 Å². The monoisotopic (exact) mass is 236 g/mol. The summed E-state index contributed by atoms with van der Waals surface area (Å²) in [7, 11) is 0. The number of rotatable bonds is 6. The van der Waals surface area contributed by atoms with Crippen molar-refractivity contribution in [1.29, 1.82) is 0 Å². The summed E-state index contributed by atoms with van der Waals surface area (Å²) >= 11 is 0. The Labute approximate surface area is 104 Å². The Kier molecular flexibility index (Phi) is 4.94. The van der Waals surface area contributed by atoms with Crippen molar-refractivity contribution in [3.8, 4) is 0 Å². The normalized spacial score (nSPS) is 11.8. The van der Waals surface area contributed by atoms with E-state index in [1.165, 1.54) is 0 Å². The zero-order valence-electron chi connectivity index (χ0n) is 11.2. The lowest BCUT2D eigenvalue weighted by Gasteiger charge is -2.21. The fourth-order valence-electron chi connectivity index (χ4n) is 1.82. The second kappa shape index (κ2) is 6.01. The second-order valence-electron chi connectivity index (χ2n) is 5.52. The Bertz CT molecular complexity index is 407. The van der Waals surface area contributed by atoms with Gasteiger partial charge in [0.05, 0.1) is 0 Å². The van der Waals surface area contributed by atoms with E-state index in [2.05, 4.69) is 13.8 Å². The molecule has 0 atom stereocenters. The van der Waals surface area contributed by atoms with Gasteiger partial charge in [-0.3, -0.25) is 4.79 Å². The van der Waals surface area contributed by atoms with Gasteiger partial charge in [-0.2, -0.15) is 0 Å². The smallest absolute Gasteiger partial charge is 0.253 e. The molecule has 0 fully saturated rings. The Morgan fingerprint density at radius 3 is 2.71 bits per heavy atom. The minimum atomic E-state index is 0.130. The van der Waals surface area contributed by atoms with Crippen LogP contribution in [-0.2, 0) is 6.54 Å². The first kappa shape index (κ1) is 14.0. The second-order valence-corrected chi connectivity index (χ2v) is 5.52. The highest BCUT2D eigenvalue weighted by Gasteiger charge is 2.14. The highest BCUT2D eigenvalue weighted by atomic mass is 16.1. The van der Waals surface area contributed by atoms with Crippen LogP contribution < -0.4 is 11.3 Å². The number of aromatic nitrogens is 1. The summed E-state index contributed by atoms with van der Waals surface area (Å²) in [4.78, 5) is 11.8. The number of hydrogen-bond acceptors (Lipinski definition) is 2. The quantitative estimate of drug-likeness (QED) is 0.770. The van der Waals surface area contributed by atoms with Crippen LogP contribution in [0.25, 0.3) is 0 Å². The summed E-state index contributed by atoms with van der Waals surface area (Å²) in [6.07, 6.45) is 5.13. The van der Waals surface area contributed by atoms with Crippen molar-refractivity contribution in [2.45, 2.75) is 46.6 Å². The minimum absolute atomic E-state index is 0.130. The average molecular weight is 236 g/mol. The molecular formula is C14H24N2O. The van der Waals surface area contributed by atoms with Gasteiger partial charge in [-0.15, -0.1) is 0 Å². The molecule has 0 aliphatic rings. The molecule has 0 unspecified atom stereocenters. The Hall–Kier alpha value is -1.09. The van der Waals surface area contributed by atoms with Crippen molar-refractivity contribution >= 4 is 0 Å². The number of hydrogen-bond donors (Lipinski definition) is 1.